The van der Waals surface area contributed by atoms with E-state index < -0.39 is 9.84 Å². The van der Waals surface area contributed by atoms with Crippen LogP contribution in [0.3, 0.4) is 0 Å². The van der Waals surface area contributed by atoms with Crippen LogP contribution < -0.4 is 5.32 Å². The highest BCUT2D eigenvalue weighted by Gasteiger charge is 2.26. The summed E-state index contributed by atoms with van der Waals surface area (Å²) in [5, 5.41) is 3.08. The second-order valence-electron chi connectivity index (χ2n) is 7.61. The van der Waals surface area contributed by atoms with E-state index in [1.807, 2.05) is 13.0 Å². The second kappa shape index (κ2) is 8.88. The number of hydrogen-bond donors (Lipinski definition) is 1. The van der Waals surface area contributed by atoms with Crippen molar-refractivity contribution in [1.82, 2.24) is 10.2 Å². The molecular formula is C22H28N2O3S. The van der Waals surface area contributed by atoms with Gasteiger partial charge in [0.2, 0.25) is 5.91 Å². The zero-order valence-electron chi connectivity index (χ0n) is 16.5. The Bertz CT molecular complexity index is 887. The number of benzene rings is 2. The van der Waals surface area contributed by atoms with Crippen LogP contribution in [0.5, 0.6) is 0 Å². The molecule has 1 saturated heterocycles. The maximum Gasteiger partial charge on any atom is 0.223 e. The van der Waals surface area contributed by atoms with Crippen LogP contribution in [-0.2, 0) is 21.2 Å². The van der Waals surface area contributed by atoms with Gasteiger partial charge in [-0.05, 0) is 56.1 Å². The summed E-state index contributed by atoms with van der Waals surface area (Å²) in [6.07, 6.45) is 2.91. The Labute approximate surface area is 167 Å². The molecule has 2 aromatic carbocycles. The van der Waals surface area contributed by atoms with Gasteiger partial charge in [0.15, 0.2) is 9.84 Å². The smallest absolute Gasteiger partial charge is 0.223 e. The molecule has 1 aliphatic rings. The summed E-state index contributed by atoms with van der Waals surface area (Å²) in [7, 11) is -3.21. The van der Waals surface area contributed by atoms with E-state index in [-0.39, 0.29) is 17.9 Å². The molecule has 3 rings (SSSR count). The topological polar surface area (TPSA) is 66.5 Å². The number of nitrogens with zero attached hydrogens (tertiary/aromatic N) is 1. The highest BCUT2D eigenvalue weighted by atomic mass is 32.2. The van der Waals surface area contributed by atoms with Gasteiger partial charge < -0.3 is 5.32 Å². The van der Waals surface area contributed by atoms with Gasteiger partial charge in [-0.15, -0.1) is 0 Å². The van der Waals surface area contributed by atoms with E-state index in [9.17, 15) is 13.2 Å². The molecular weight excluding hydrogens is 372 g/mol. The summed E-state index contributed by atoms with van der Waals surface area (Å²) in [4.78, 5) is 15.3. The molecule has 1 fully saturated rings. The van der Waals surface area contributed by atoms with Gasteiger partial charge in [0, 0.05) is 18.7 Å². The van der Waals surface area contributed by atoms with Crippen LogP contribution >= 0.6 is 0 Å². The van der Waals surface area contributed by atoms with E-state index in [1.54, 1.807) is 24.3 Å². The first-order valence-corrected chi connectivity index (χ1v) is 11.6. The van der Waals surface area contributed by atoms with Crippen LogP contribution in [-0.4, -0.2) is 38.6 Å². The zero-order valence-corrected chi connectivity index (χ0v) is 17.3. The number of hydrogen-bond acceptors (Lipinski definition) is 4. The minimum Gasteiger partial charge on any atom is -0.349 e. The molecule has 1 N–H and O–H groups in total. The average Bonchev–Trinajstić information content (AvgIpc) is 2.68. The lowest BCUT2D eigenvalue weighted by Crippen LogP contribution is -2.40. The van der Waals surface area contributed by atoms with Crippen molar-refractivity contribution in [2.75, 3.05) is 19.3 Å². The molecule has 0 radical (unpaired) electrons. The van der Waals surface area contributed by atoms with Crippen molar-refractivity contribution in [3.8, 4) is 0 Å². The van der Waals surface area contributed by atoms with Crippen LogP contribution in [0, 0.1) is 5.92 Å². The van der Waals surface area contributed by atoms with E-state index in [0.29, 0.717) is 4.90 Å². The van der Waals surface area contributed by atoms with Gasteiger partial charge in [0.1, 0.15) is 0 Å². The van der Waals surface area contributed by atoms with Gasteiger partial charge in [0.25, 0.3) is 0 Å². The maximum atomic E-state index is 12.6. The van der Waals surface area contributed by atoms with E-state index in [1.165, 1.54) is 11.8 Å². The summed E-state index contributed by atoms with van der Waals surface area (Å²) >= 11 is 0. The van der Waals surface area contributed by atoms with E-state index in [2.05, 4.69) is 34.5 Å². The molecule has 2 aromatic rings. The third kappa shape index (κ3) is 5.42. The molecule has 0 saturated carbocycles. The molecule has 28 heavy (non-hydrogen) atoms. The number of likely N-dealkylation sites (tertiary alicyclic amines) is 1. The van der Waals surface area contributed by atoms with Gasteiger partial charge in [-0.2, -0.15) is 0 Å². The average molecular weight is 401 g/mol. The molecule has 150 valence electrons. The third-order valence-corrected chi connectivity index (χ3v) is 6.50. The Hall–Kier alpha value is -2.18. The first kappa shape index (κ1) is 20.6. The van der Waals surface area contributed by atoms with Crippen molar-refractivity contribution in [1.29, 1.82) is 0 Å². The number of carbonyl (C=O) groups is 1. The fourth-order valence-electron chi connectivity index (χ4n) is 3.61. The van der Waals surface area contributed by atoms with Crippen molar-refractivity contribution < 1.29 is 13.2 Å². The monoisotopic (exact) mass is 400 g/mol. The first-order chi connectivity index (χ1) is 13.3. The summed E-state index contributed by atoms with van der Waals surface area (Å²) in [5.74, 6) is 0.115. The summed E-state index contributed by atoms with van der Waals surface area (Å²) in [5.41, 5.74) is 2.21. The Morgan fingerprint density at radius 1 is 1.07 bits per heavy atom. The Morgan fingerprint density at radius 2 is 1.68 bits per heavy atom. The van der Waals surface area contributed by atoms with Crippen molar-refractivity contribution in [2.45, 2.75) is 37.2 Å². The van der Waals surface area contributed by atoms with Crippen LogP contribution in [0.2, 0.25) is 0 Å². The standard InChI is InChI=1S/C22H28N2O3S/c1-17(19-8-10-21(11-9-19)28(2,26)27)23-22(25)20-12-14-24(15-13-20)16-18-6-4-3-5-7-18/h3-11,17,20H,12-16H2,1-2H3,(H,23,25). The lowest BCUT2D eigenvalue weighted by molar-refractivity contribution is -0.127. The summed E-state index contributed by atoms with van der Waals surface area (Å²) in [6.45, 7) is 4.70. The predicted molar refractivity (Wildman–Crippen MR) is 111 cm³/mol. The minimum atomic E-state index is -3.21. The lowest BCUT2D eigenvalue weighted by Gasteiger charge is -2.32. The zero-order chi connectivity index (χ0) is 20.1. The molecule has 0 bridgehead atoms. The SMILES string of the molecule is CC(NC(=O)C1CCN(Cc2ccccc2)CC1)c1ccc(S(C)(=O)=O)cc1. The van der Waals surface area contributed by atoms with Crippen LogP contribution in [0.1, 0.15) is 36.9 Å². The number of sulfone groups is 1. The largest absolute Gasteiger partial charge is 0.349 e. The molecule has 1 aliphatic heterocycles. The van der Waals surface area contributed by atoms with Gasteiger partial charge in [-0.25, -0.2) is 8.42 Å². The molecule has 0 aliphatic carbocycles. The summed E-state index contributed by atoms with van der Waals surface area (Å²) < 4.78 is 23.1. The molecule has 1 unspecified atom stereocenters. The van der Waals surface area contributed by atoms with Gasteiger partial charge in [0.05, 0.1) is 10.9 Å². The minimum absolute atomic E-state index is 0.0322. The Kier molecular flexibility index (Phi) is 6.52. The van der Waals surface area contributed by atoms with Gasteiger partial charge in [-0.3, -0.25) is 9.69 Å². The van der Waals surface area contributed by atoms with E-state index in [0.717, 1.165) is 38.0 Å². The maximum absolute atomic E-state index is 12.6. The van der Waals surface area contributed by atoms with Gasteiger partial charge in [-0.1, -0.05) is 42.5 Å². The molecule has 1 amide bonds. The van der Waals surface area contributed by atoms with E-state index >= 15 is 0 Å². The molecule has 0 spiro atoms. The normalized spacial score (nSPS) is 17.2. The molecule has 1 heterocycles. The van der Waals surface area contributed by atoms with Crippen LogP contribution in [0.25, 0.3) is 0 Å². The first-order valence-electron chi connectivity index (χ1n) is 9.69. The van der Waals surface area contributed by atoms with E-state index in [4.69, 9.17) is 0 Å². The Morgan fingerprint density at radius 3 is 2.25 bits per heavy atom. The molecule has 1 atom stereocenters. The van der Waals surface area contributed by atoms with Crippen LogP contribution in [0.15, 0.2) is 59.5 Å². The Balaban J connectivity index is 1.50. The number of piperidine rings is 1. The number of nitrogens with one attached hydrogen (secondary N) is 1. The lowest BCUT2D eigenvalue weighted by atomic mass is 9.95. The van der Waals surface area contributed by atoms with Gasteiger partial charge >= 0.3 is 0 Å². The summed E-state index contributed by atoms with van der Waals surface area (Å²) in [6, 6.07) is 17.0. The van der Waals surface area contributed by atoms with Crippen molar-refractivity contribution in [3.63, 3.8) is 0 Å². The third-order valence-electron chi connectivity index (χ3n) is 5.37. The fraction of sp³-hybridized carbons (Fsp3) is 0.409. The number of rotatable bonds is 6. The number of amides is 1. The molecule has 5 nitrogen and oxygen atoms in total. The predicted octanol–water partition coefficient (Wildman–Crippen LogP) is 3.18. The quantitative estimate of drug-likeness (QED) is 0.809. The molecule has 0 aromatic heterocycles. The molecule has 6 heteroatoms. The van der Waals surface area contributed by atoms with Crippen molar-refractivity contribution in [2.24, 2.45) is 5.92 Å². The fourth-order valence-corrected chi connectivity index (χ4v) is 4.24. The number of carbonyl (C=O) groups excluding carboxylic acids is 1. The van der Waals surface area contributed by atoms with Crippen LogP contribution in [0.4, 0.5) is 0 Å². The van der Waals surface area contributed by atoms with Crippen molar-refractivity contribution in [3.05, 3.63) is 65.7 Å². The highest BCUT2D eigenvalue weighted by molar-refractivity contribution is 7.90. The second-order valence-corrected chi connectivity index (χ2v) is 9.62. The highest BCUT2D eigenvalue weighted by Crippen LogP contribution is 2.22. The van der Waals surface area contributed by atoms with Crippen molar-refractivity contribution >= 4 is 15.7 Å².